The molecule has 13 heavy (non-hydrogen) atoms. The lowest BCUT2D eigenvalue weighted by Crippen LogP contribution is -2.14. The van der Waals surface area contributed by atoms with Gasteiger partial charge >= 0.3 is 6.18 Å². The van der Waals surface area contributed by atoms with Crippen LogP contribution in [0.1, 0.15) is 32.1 Å². The molecule has 1 N–H and O–H groups in total. The van der Waals surface area contributed by atoms with E-state index in [0.29, 0.717) is 12.8 Å². The van der Waals surface area contributed by atoms with Crippen LogP contribution in [0.15, 0.2) is 12.7 Å². The first-order valence-electron chi connectivity index (χ1n) is 4.31. The number of aliphatic hydroxyl groups is 1. The van der Waals surface area contributed by atoms with Crippen LogP contribution in [0.5, 0.6) is 0 Å². The van der Waals surface area contributed by atoms with E-state index in [1.54, 1.807) is 6.08 Å². The maximum absolute atomic E-state index is 11.7. The molecule has 0 fully saturated rings. The number of rotatable bonds is 6. The lowest BCUT2D eigenvalue weighted by molar-refractivity contribution is -0.140. The first-order valence-corrected chi connectivity index (χ1v) is 4.31. The molecule has 0 aromatic rings. The van der Waals surface area contributed by atoms with Gasteiger partial charge < -0.3 is 5.11 Å². The van der Waals surface area contributed by atoms with E-state index in [0.717, 1.165) is 6.42 Å². The van der Waals surface area contributed by atoms with Gasteiger partial charge in [-0.05, 0) is 25.7 Å². The molecule has 0 aliphatic rings. The SMILES string of the molecule is C=CCCCC(O)CCC(F)(F)F. The normalized spacial score (nSPS) is 14.2. The highest BCUT2D eigenvalue weighted by atomic mass is 19.4. The van der Waals surface area contributed by atoms with Crippen LogP contribution in [0.4, 0.5) is 13.2 Å². The summed E-state index contributed by atoms with van der Waals surface area (Å²) in [5.74, 6) is 0. The number of halogens is 3. The van der Waals surface area contributed by atoms with Gasteiger partial charge in [0.1, 0.15) is 0 Å². The van der Waals surface area contributed by atoms with Crippen molar-refractivity contribution >= 4 is 0 Å². The number of hydrogen-bond donors (Lipinski definition) is 1. The summed E-state index contributed by atoms with van der Waals surface area (Å²) in [5, 5.41) is 9.10. The summed E-state index contributed by atoms with van der Waals surface area (Å²) < 4.78 is 35.0. The molecule has 0 spiro atoms. The second-order valence-corrected chi connectivity index (χ2v) is 3.03. The Kier molecular flexibility index (Phi) is 5.79. The fraction of sp³-hybridized carbons (Fsp3) is 0.778. The zero-order valence-corrected chi connectivity index (χ0v) is 7.48. The van der Waals surface area contributed by atoms with Crippen molar-refractivity contribution < 1.29 is 18.3 Å². The van der Waals surface area contributed by atoms with Gasteiger partial charge in [0.25, 0.3) is 0 Å². The van der Waals surface area contributed by atoms with E-state index in [2.05, 4.69) is 6.58 Å². The van der Waals surface area contributed by atoms with Crippen LogP contribution in [0.3, 0.4) is 0 Å². The number of unbranched alkanes of at least 4 members (excludes halogenated alkanes) is 1. The van der Waals surface area contributed by atoms with Crippen molar-refractivity contribution in [3.63, 3.8) is 0 Å². The van der Waals surface area contributed by atoms with E-state index in [-0.39, 0.29) is 6.42 Å². The highest BCUT2D eigenvalue weighted by Gasteiger charge is 2.27. The lowest BCUT2D eigenvalue weighted by atomic mass is 10.1. The molecule has 1 nitrogen and oxygen atoms in total. The molecule has 0 aliphatic heterocycles. The summed E-state index contributed by atoms with van der Waals surface area (Å²) in [6.45, 7) is 3.48. The van der Waals surface area contributed by atoms with E-state index in [9.17, 15) is 13.2 Å². The van der Waals surface area contributed by atoms with E-state index in [4.69, 9.17) is 5.11 Å². The molecule has 78 valence electrons. The zero-order chi connectivity index (χ0) is 10.3. The molecule has 0 aromatic heterocycles. The van der Waals surface area contributed by atoms with E-state index in [1.165, 1.54) is 0 Å². The Balaban J connectivity index is 3.40. The summed E-state index contributed by atoms with van der Waals surface area (Å²) in [6, 6.07) is 0. The average molecular weight is 196 g/mol. The molecule has 1 unspecified atom stereocenters. The summed E-state index contributed by atoms with van der Waals surface area (Å²) >= 11 is 0. The zero-order valence-electron chi connectivity index (χ0n) is 7.48. The average Bonchev–Trinajstić information content (AvgIpc) is 2.00. The highest BCUT2D eigenvalue weighted by molar-refractivity contribution is 4.68. The third-order valence-electron chi connectivity index (χ3n) is 1.71. The van der Waals surface area contributed by atoms with Crippen molar-refractivity contribution in [1.29, 1.82) is 0 Å². The first-order chi connectivity index (χ1) is 5.95. The standard InChI is InChI=1S/C9H15F3O/c1-2-3-4-5-8(13)6-7-9(10,11)12/h2,8,13H,1,3-7H2. The summed E-state index contributed by atoms with van der Waals surface area (Å²) in [5.41, 5.74) is 0. The molecule has 0 heterocycles. The smallest absolute Gasteiger partial charge is 0.389 e. The van der Waals surface area contributed by atoms with Crippen LogP contribution in [-0.2, 0) is 0 Å². The minimum Gasteiger partial charge on any atom is -0.393 e. The predicted octanol–water partition coefficient (Wildman–Crippen LogP) is 3.05. The third-order valence-corrected chi connectivity index (χ3v) is 1.71. The van der Waals surface area contributed by atoms with Crippen LogP contribution in [-0.4, -0.2) is 17.4 Å². The second-order valence-electron chi connectivity index (χ2n) is 3.03. The van der Waals surface area contributed by atoms with Gasteiger partial charge in [-0.2, -0.15) is 13.2 Å². The van der Waals surface area contributed by atoms with Gasteiger partial charge in [0.05, 0.1) is 6.10 Å². The van der Waals surface area contributed by atoms with E-state index in [1.807, 2.05) is 0 Å². The van der Waals surface area contributed by atoms with Crippen LogP contribution in [0.2, 0.25) is 0 Å². The molecule has 0 radical (unpaired) electrons. The highest BCUT2D eigenvalue weighted by Crippen LogP contribution is 2.23. The molecule has 0 aliphatic carbocycles. The minimum atomic E-state index is -4.15. The summed E-state index contributed by atoms with van der Waals surface area (Å²) in [6.07, 6.45) is -2.53. The first kappa shape index (κ1) is 12.5. The minimum absolute atomic E-state index is 0.194. The predicted molar refractivity (Wildman–Crippen MR) is 45.3 cm³/mol. The molecular weight excluding hydrogens is 181 g/mol. The van der Waals surface area contributed by atoms with Crippen molar-refractivity contribution in [3.05, 3.63) is 12.7 Å². The van der Waals surface area contributed by atoms with Gasteiger partial charge in [0, 0.05) is 6.42 Å². The van der Waals surface area contributed by atoms with Crippen molar-refractivity contribution in [1.82, 2.24) is 0 Å². The number of hydrogen-bond acceptors (Lipinski definition) is 1. The molecule has 0 saturated heterocycles. The quantitative estimate of drug-likeness (QED) is 0.511. The lowest BCUT2D eigenvalue weighted by Gasteiger charge is -2.11. The van der Waals surface area contributed by atoms with Gasteiger partial charge in [-0.1, -0.05) is 6.08 Å². The molecule has 0 bridgehead atoms. The number of alkyl halides is 3. The number of allylic oxidation sites excluding steroid dienone is 1. The van der Waals surface area contributed by atoms with Gasteiger partial charge in [0.2, 0.25) is 0 Å². The van der Waals surface area contributed by atoms with Gasteiger partial charge in [-0.25, -0.2) is 0 Å². The Labute approximate surface area is 76.3 Å². The van der Waals surface area contributed by atoms with Crippen molar-refractivity contribution in [3.8, 4) is 0 Å². The third kappa shape index (κ3) is 9.40. The molecule has 0 aromatic carbocycles. The Morgan fingerprint density at radius 3 is 2.38 bits per heavy atom. The molecule has 0 rings (SSSR count). The summed E-state index contributed by atoms with van der Waals surface area (Å²) in [4.78, 5) is 0. The topological polar surface area (TPSA) is 20.2 Å². The fourth-order valence-corrected chi connectivity index (χ4v) is 0.972. The molecule has 4 heteroatoms. The van der Waals surface area contributed by atoms with Gasteiger partial charge in [-0.3, -0.25) is 0 Å². The fourth-order valence-electron chi connectivity index (χ4n) is 0.972. The maximum atomic E-state index is 11.7. The molecule has 1 atom stereocenters. The monoisotopic (exact) mass is 196 g/mol. The second kappa shape index (κ2) is 6.02. The summed E-state index contributed by atoms with van der Waals surface area (Å²) in [7, 11) is 0. The number of aliphatic hydroxyl groups excluding tert-OH is 1. The van der Waals surface area contributed by atoms with E-state index >= 15 is 0 Å². The Bertz CT molecular complexity index is 142. The van der Waals surface area contributed by atoms with Crippen LogP contribution >= 0.6 is 0 Å². The van der Waals surface area contributed by atoms with E-state index < -0.39 is 18.7 Å². The molecular formula is C9H15F3O. The van der Waals surface area contributed by atoms with Crippen molar-refractivity contribution in [2.24, 2.45) is 0 Å². The molecule has 0 amide bonds. The van der Waals surface area contributed by atoms with Gasteiger partial charge in [-0.15, -0.1) is 6.58 Å². The largest absolute Gasteiger partial charge is 0.393 e. The van der Waals surface area contributed by atoms with Crippen LogP contribution in [0.25, 0.3) is 0 Å². The Hall–Kier alpha value is -0.510. The molecule has 0 saturated carbocycles. The van der Waals surface area contributed by atoms with Crippen LogP contribution < -0.4 is 0 Å². The maximum Gasteiger partial charge on any atom is 0.389 e. The van der Waals surface area contributed by atoms with Crippen LogP contribution in [0, 0.1) is 0 Å². The van der Waals surface area contributed by atoms with Crippen molar-refractivity contribution in [2.75, 3.05) is 0 Å². The Morgan fingerprint density at radius 2 is 1.92 bits per heavy atom. The Morgan fingerprint density at radius 1 is 1.31 bits per heavy atom. The van der Waals surface area contributed by atoms with Crippen molar-refractivity contribution in [2.45, 2.75) is 44.4 Å². The van der Waals surface area contributed by atoms with Gasteiger partial charge in [0.15, 0.2) is 0 Å².